The third-order valence-electron chi connectivity index (χ3n) is 7.56. The zero-order valence-corrected chi connectivity index (χ0v) is 20.8. The Morgan fingerprint density at radius 3 is 2.53 bits per heavy atom. The van der Waals surface area contributed by atoms with Gasteiger partial charge in [-0.1, -0.05) is 6.08 Å². The fourth-order valence-electron chi connectivity index (χ4n) is 5.33. The minimum atomic E-state index is -4.35. The lowest BCUT2D eigenvalue weighted by molar-refractivity contribution is -0.168. The summed E-state index contributed by atoms with van der Waals surface area (Å²) in [5, 5.41) is 8.13. The first-order valence-electron chi connectivity index (χ1n) is 12.4. The van der Waals surface area contributed by atoms with E-state index in [2.05, 4.69) is 15.3 Å². The van der Waals surface area contributed by atoms with Crippen LogP contribution in [0.2, 0.25) is 0 Å². The standard InChI is InChI=1S/C26H32F3N5O2/c1-16(19-13-25(35)30-14-19)36-24-12-18(11-22-20(24)15-33(3)31-22)17-4-5-23(21(10-17)26(27,28)29)34-8-6-32(2)7-9-34/h4-5,11-12,15-16,19,21H,6-10,13-14H2,1-3H3,(H,30,35)/t16-,19-,21?/m1/s1. The van der Waals surface area contributed by atoms with Crippen molar-refractivity contribution in [3.05, 3.63) is 41.7 Å². The molecule has 2 aromatic rings. The van der Waals surface area contributed by atoms with Crippen molar-refractivity contribution < 1.29 is 22.7 Å². The monoisotopic (exact) mass is 503 g/mol. The third-order valence-corrected chi connectivity index (χ3v) is 7.56. The molecule has 2 fully saturated rings. The third kappa shape index (κ3) is 4.96. The zero-order valence-electron chi connectivity index (χ0n) is 20.8. The highest BCUT2D eigenvalue weighted by Gasteiger charge is 2.45. The van der Waals surface area contributed by atoms with E-state index < -0.39 is 12.1 Å². The number of rotatable bonds is 5. The normalized spacial score (nSPS) is 24.5. The van der Waals surface area contributed by atoms with Crippen LogP contribution in [-0.4, -0.2) is 77.5 Å². The maximum Gasteiger partial charge on any atom is 0.397 e. The molecule has 1 amide bonds. The van der Waals surface area contributed by atoms with E-state index in [-0.39, 0.29) is 24.3 Å². The van der Waals surface area contributed by atoms with Crippen LogP contribution in [0.3, 0.4) is 0 Å². The number of halogens is 3. The molecule has 194 valence electrons. The van der Waals surface area contributed by atoms with E-state index in [4.69, 9.17) is 4.74 Å². The number of hydrogen-bond donors (Lipinski definition) is 1. The van der Waals surface area contributed by atoms with Crippen molar-refractivity contribution in [2.75, 3.05) is 39.8 Å². The minimum absolute atomic E-state index is 0.00391. The molecule has 3 atom stereocenters. The second kappa shape index (κ2) is 9.46. The van der Waals surface area contributed by atoms with Gasteiger partial charge in [-0.3, -0.25) is 9.48 Å². The van der Waals surface area contributed by atoms with Crippen LogP contribution >= 0.6 is 0 Å². The number of carbonyl (C=O) groups is 1. The van der Waals surface area contributed by atoms with Crippen molar-refractivity contribution >= 4 is 22.4 Å². The molecule has 1 aromatic carbocycles. The quantitative estimate of drug-likeness (QED) is 0.676. The number of nitrogens with zero attached hydrogens (tertiary/aromatic N) is 4. The highest BCUT2D eigenvalue weighted by atomic mass is 19.4. The van der Waals surface area contributed by atoms with E-state index in [0.717, 1.165) is 18.5 Å². The summed E-state index contributed by atoms with van der Waals surface area (Å²) < 4.78 is 50.7. The molecule has 2 saturated heterocycles. The van der Waals surface area contributed by atoms with Crippen LogP contribution in [0.25, 0.3) is 16.5 Å². The Morgan fingerprint density at radius 1 is 1.11 bits per heavy atom. The van der Waals surface area contributed by atoms with E-state index in [9.17, 15) is 18.0 Å². The maximum absolute atomic E-state index is 14.2. The number of amides is 1. The SMILES string of the molecule is C[C@@H](Oc1cc(C2=CC=C(N3CCN(C)CC3)C(C(F)(F)F)C2)cc2nn(C)cc12)[C@H]1CNC(=O)C1. The van der Waals surface area contributed by atoms with Crippen molar-refractivity contribution in [3.63, 3.8) is 0 Å². The lowest BCUT2D eigenvalue weighted by Crippen LogP contribution is -2.47. The second-order valence-corrected chi connectivity index (χ2v) is 10.2. The topological polar surface area (TPSA) is 62.6 Å². The number of carbonyl (C=O) groups excluding carboxylic acids is 1. The van der Waals surface area contributed by atoms with Gasteiger partial charge in [-0.2, -0.15) is 18.3 Å². The van der Waals surface area contributed by atoms with Crippen LogP contribution in [0.4, 0.5) is 13.2 Å². The van der Waals surface area contributed by atoms with Crippen LogP contribution in [0.1, 0.15) is 25.3 Å². The molecule has 0 spiro atoms. The number of likely N-dealkylation sites (N-methyl/N-ethyl adjacent to an activating group) is 1. The molecule has 1 unspecified atom stereocenters. The molecule has 5 rings (SSSR count). The van der Waals surface area contributed by atoms with Crippen molar-refractivity contribution in [1.82, 2.24) is 24.9 Å². The smallest absolute Gasteiger partial charge is 0.397 e. The van der Waals surface area contributed by atoms with Gasteiger partial charge in [0.25, 0.3) is 0 Å². The lowest BCUT2D eigenvalue weighted by atomic mass is 9.86. The molecular weight excluding hydrogens is 471 g/mol. The Hall–Kier alpha value is -3.01. The fourth-order valence-corrected chi connectivity index (χ4v) is 5.33. The average molecular weight is 504 g/mol. The molecule has 0 radical (unpaired) electrons. The summed E-state index contributed by atoms with van der Waals surface area (Å²) >= 11 is 0. The van der Waals surface area contributed by atoms with Gasteiger partial charge in [-0.25, -0.2) is 0 Å². The van der Waals surface area contributed by atoms with Gasteiger partial charge in [0.15, 0.2) is 0 Å². The Morgan fingerprint density at radius 2 is 1.86 bits per heavy atom. The molecule has 2 aliphatic heterocycles. The molecule has 3 aliphatic rings. The number of benzene rings is 1. The molecule has 1 aromatic heterocycles. The molecule has 1 aliphatic carbocycles. The summed E-state index contributed by atoms with van der Waals surface area (Å²) in [5.41, 5.74) is 2.29. The van der Waals surface area contributed by atoms with E-state index >= 15 is 0 Å². The number of allylic oxidation sites excluding steroid dienone is 4. The molecule has 36 heavy (non-hydrogen) atoms. The second-order valence-electron chi connectivity index (χ2n) is 10.2. The number of hydrogen-bond acceptors (Lipinski definition) is 5. The number of alkyl halides is 3. The number of nitrogens with one attached hydrogen (secondary N) is 1. The van der Waals surface area contributed by atoms with Crippen molar-refractivity contribution in [1.29, 1.82) is 0 Å². The highest BCUT2D eigenvalue weighted by molar-refractivity contribution is 5.89. The Kier molecular flexibility index (Phi) is 6.48. The number of fused-ring (bicyclic) bond motifs is 1. The molecule has 0 saturated carbocycles. The van der Waals surface area contributed by atoms with Gasteiger partial charge in [0.05, 0.1) is 16.8 Å². The van der Waals surface area contributed by atoms with Gasteiger partial charge in [0, 0.05) is 64.0 Å². The van der Waals surface area contributed by atoms with Crippen molar-refractivity contribution in [2.45, 2.75) is 32.0 Å². The molecule has 1 N–H and O–H groups in total. The minimum Gasteiger partial charge on any atom is -0.490 e. The van der Waals surface area contributed by atoms with Gasteiger partial charge in [-0.05, 0) is 49.7 Å². The van der Waals surface area contributed by atoms with Crippen LogP contribution in [0.5, 0.6) is 5.75 Å². The molecule has 0 bridgehead atoms. The molecule has 3 heterocycles. The van der Waals surface area contributed by atoms with Gasteiger partial charge in [0.1, 0.15) is 11.9 Å². The van der Waals surface area contributed by atoms with Crippen LogP contribution in [0, 0.1) is 11.8 Å². The van der Waals surface area contributed by atoms with Gasteiger partial charge in [-0.15, -0.1) is 0 Å². The molecular formula is C26H32F3N5O2. The van der Waals surface area contributed by atoms with Gasteiger partial charge < -0.3 is 19.9 Å². The molecule has 10 heteroatoms. The first kappa shape index (κ1) is 24.7. The maximum atomic E-state index is 14.2. The number of ether oxygens (including phenoxy) is 1. The van der Waals surface area contributed by atoms with Gasteiger partial charge >= 0.3 is 6.18 Å². The summed E-state index contributed by atoms with van der Waals surface area (Å²) in [4.78, 5) is 15.7. The zero-order chi connectivity index (χ0) is 25.6. The summed E-state index contributed by atoms with van der Waals surface area (Å²) in [7, 11) is 3.79. The van der Waals surface area contributed by atoms with Crippen molar-refractivity contribution in [3.8, 4) is 5.75 Å². The number of aryl methyl sites for hydroxylation is 1. The van der Waals surface area contributed by atoms with Gasteiger partial charge in [0.2, 0.25) is 5.91 Å². The Balaban J connectivity index is 1.48. The highest BCUT2D eigenvalue weighted by Crippen LogP contribution is 2.44. The van der Waals surface area contributed by atoms with E-state index in [1.54, 1.807) is 17.8 Å². The summed E-state index contributed by atoms with van der Waals surface area (Å²) in [5.74, 6) is -0.949. The molecule has 7 nitrogen and oxygen atoms in total. The van der Waals surface area contributed by atoms with E-state index in [1.807, 2.05) is 43.3 Å². The van der Waals surface area contributed by atoms with Crippen LogP contribution in [-0.2, 0) is 11.8 Å². The van der Waals surface area contributed by atoms with E-state index in [0.29, 0.717) is 54.2 Å². The fraction of sp³-hybridized carbons (Fsp3) is 0.538. The Labute approximate surface area is 208 Å². The first-order chi connectivity index (χ1) is 17.1. The van der Waals surface area contributed by atoms with Crippen molar-refractivity contribution in [2.24, 2.45) is 18.9 Å². The lowest BCUT2D eigenvalue weighted by Gasteiger charge is -2.40. The average Bonchev–Trinajstić information content (AvgIpc) is 3.43. The van der Waals surface area contributed by atoms with E-state index in [1.165, 1.54) is 0 Å². The first-order valence-corrected chi connectivity index (χ1v) is 12.4. The van der Waals surface area contributed by atoms with Crippen LogP contribution in [0.15, 0.2) is 36.2 Å². The largest absolute Gasteiger partial charge is 0.490 e. The summed E-state index contributed by atoms with van der Waals surface area (Å²) in [6, 6.07) is 3.65. The predicted octanol–water partition coefficient (Wildman–Crippen LogP) is 3.57. The number of aromatic nitrogens is 2. The Bertz CT molecular complexity index is 1210. The summed E-state index contributed by atoms with van der Waals surface area (Å²) in [6.45, 7) is 5.14. The summed E-state index contributed by atoms with van der Waals surface area (Å²) in [6.07, 6.45) is 0.981. The van der Waals surface area contributed by atoms with Crippen LogP contribution < -0.4 is 10.1 Å². The predicted molar refractivity (Wildman–Crippen MR) is 131 cm³/mol. The number of piperazine rings is 1.